The minimum absolute atomic E-state index is 0.00468. The topological polar surface area (TPSA) is 38.7 Å². The molecule has 0 aromatic rings. The fraction of sp³-hybridized carbons (Fsp3) is 1.00. The van der Waals surface area contributed by atoms with Gasteiger partial charge in [-0.3, -0.25) is 0 Å². The summed E-state index contributed by atoms with van der Waals surface area (Å²) in [6, 6.07) is 0. The summed E-state index contributed by atoms with van der Waals surface area (Å²) in [4.78, 5) is 0. The summed E-state index contributed by atoms with van der Waals surface area (Å²) in [7, 11) is 0. The molecule has 0 fully saturated rings. The van der Waals surface area contributed by atoms with Gasteiger partial charge in [0.25, 0.3) is 0 Å². The fourth-order valence-electron chi connectivity index (χ4n) is 0.459. The third-order valence-corrected chi connectivity index (χ3v) is 0.916. The minimum Gasteiger partial charge on any atom is -0.379 e. The summed E-state index contributed by atoms with van der Waals surface area (Å²) in [5, 5.41) is 8.26. The Morgan fingerprint density at radius 3 is 2.67 bits per heavy atom. The predicted octanol–water partition coefficient (Wildman–Crippen LogP) is 0.378. The Labute approximate surface area is 55.6 Å². The largest absolute Gasteiger partial charge is 0.379 e. The van der Waals surface area contributed by atoms with E-state index in [1.54, 1.807) is 0 Å². The Kier molecular flexibility index (Phi) is 5.93. The lowest BCUT2D eigenvalue weighted by Crippen LogP contribution is -2.16. The van der Waals surface area contributed by atoms with Crippen LogP contribution in [0, 0.1) is 0 Å². The van der Waals surface area contributed by atoms with Crippen molar-refractivity contribution in [1.82, 2.24) is 0 Å². The molecule has 0 spiro atoms. The molecule has 0 rings (SSSR count). The summed E-state index contributed by atoms with van der Waals surface area (Å²) in [6.45, 7) is 4.79. The average molecular weight is 134 g/mol. The van der Waals surface area contributed by atoms with E-state index in [9.17, 15) is 0 Å². The van der Waals surface area contributed by atoms with Gasteiger partial charge in [0.2, 0.25) is 0 Å². The van der Waals surface area contributed by atoms with E-state index < -0.39 is 0 Å². The van der Waals surface area contributed by atoms with Gasteiger partial charge in [-0.05, 0) is 13.8 Å². The van der Waals surface area contributed by atoms with Crippen molar-refractivity contribution >= 4 is 0 Å². The Morgan fingerprint density at radius 1 is 1.56 bits per heavy atom. The average Bonchev–Trinajstić information content (AvgIpc) is 1.85. The highest BCUT2D eigenvalue weighted by atomic mass is 16.6. The van der Waals surface area contributed by atoms with Crippen LogP contribution in [-0.4, -0.2) is 31.2 Å². The molecule has 0 saturated carbocycles. The molecule has 0 radical (unpaired) electrons. The smallest absolute Gasteiger partial charge is 0.144 e. The molecule has 0 heterocycles. The molecule has 3 nitrogen and oxygen atoms in total. The van der Waals surface area contributed by atoms with Crippen LogP contribution in [0.5, 0.6) is 0 Å². The quantitative estimate of drug-likeness (QED) is 0.552. The lowest BCUT2D eigenvalue weighted by atomic mass is 10.4. The monoisotopic (exact) mass is 134 g/mol. The molecule has 1 N–H and O–H groups in total. The first kappa shape index (κ1) is 8.88. The van der Waals surface area contributed by atoms with Crippen LogP contribution in [0.3, 0.4) is 0 Å². The van der Waals surface area contributed by atoms with Crippen molar-refractivity contribution in [3.8, 4) is 0 Å². The molecule has 0 aliphatic rings. The third kappa shape index (κ3) is 5.76. The maximum atomic E-state index is 8.26. The van der Waals surface area contributed by atoms with Crippen LogP contribution < -0.4 is 0 Å². The van der Waals surface area contributed by atoms with E-state index in [4.69, 9.17) is 14.6 Å². The summed E-state index contributed by atoms with van der Waals surface area (Å²) in [6.07, 6.45) is -0.00468. The first-order chi connectivity index (χ1) is 4.31. The summed E-state index contributed by atoms with van der Waals surface area (Å²) in [5.74, 6) is 0. The van der Waals surface area contributed by atoms with Gasteiger partial charge in [-0.1, -0.05) is 0 Å². The number of rotatable bonds is 5. The normalized spacial score (nSPS) is 13.7. The molecule has 0 aromatic carbocycles. The molecule has 0 saturated heterocycles. The molecule has 9 heavy (non-hydrogen) atoms. The molecule has 3 heteroatoms. The highest BCUT2D eigenvalue weighted by Gasteiger charge is 1.98. The zero-order valence-corrected chi connectivity index (χ0v) is 5.96. The standard InChI is InChI=1S/C6H14O3/c1-3-8-4-6(2)9-5-7/h6-7H,3-5H2,1-2H3. The highest BCUT2D eigenvalue weighted by Crippen LogP contribution is 1.89. The Balaban J connectivity index is 2.95. The molecule has 0 aliphatic heterocycles. The molecule has 0 aromatic heterocycles. The highest BCUT2D eigenvalue weighted by molar-refractivity contribution is 4.43. The third-order valence-electron chi connectivity index (χ3n) is 0.916. The summed E-state index contributed by atoms with van der Waals surface area (Å²) >= 11 is 0. The van der Waals surface area contributed by atoms with Gasteiger partial charge in [0.05, 0.1) is 12.7 Å². The number of hydrogen-bond acceptors (Lipinski definition) is 3. The van der Waals surface area contributed by atoms with E-state index in [0.29, 0.717) is 13.2 Å². The van der Waals surface area contributed by atoms with Gasteiger partial charge in [0.15, 0.2) is 0 Å². The molecule has 0 aliphatic carbocycles. The zero-order valence-electron chi connectivity index (χ0n) is 5.96. The first-order valence-electron chi connectivity index (χ1n) is 3.11. The van der Waals surface area contributed by atoms with Gasteiger partial charge >= 0.3 is 0 Å². The van der Waals surface area contributed by atoms with Crippen molar-refractivity contribution in [3.05, 3.63) is 0 Å². The van der Waals surface area contributed by atoms with Crippen LogP contribution in [0.4, 0.5) is 0 Å². The van der Waals surface area contributed by atoms with E-state index >= 15 is 0 Å². The molecule has 0 amide bonds. The zero-order chi connectivity index (χ0) is 7.11. The molecule has 0 bridgehead atoms. The molecule has 56 valence electrons. The predicted molar refractivity (Wildman–Crippen MR) is 34.1 cm³/mol. The van der Waals surface area contributed by atoms with E-state index in [0.717, 1.165) is 0 Å². The van der Waals surface area contributed by atoms with Crippen LogP contribution in [0.1, 0.15) is 13.8 Å². The van der Waals surface area contributed by atoms with Gasteiger partial charge in [-0.15, -0.1) is 0 Å². The van der Waals surface area contributed by atoms with Crippen LogP contribution in [0.15, 0.2) is 0 Å². The van der Waals surface area contributed by atoms with E-state index in [2.05, 4.69) is 0 Å². The van der Waals surface area contributed by atoms with Crippen LogP contribution >= 0.6 is 0 Å². The Bertz CT molecular complexity index is 56.3. The molecule has 1 atom stereocenters. The minimum atomic E-state index is -0.228. The second kappa shape index (κ2) is 6.01. The van der Waals surface area contributed by atoms with Gasteiger partial charge in [-0.25, -0.2) is 0 Å². The van der Waals surface area contributed by atoms with Gasteiger partial charge in [-0.2, -0.15) is 0 Å². The van der Waals surface area contributed by atoms with E-state index in [1.165, 1.54) is 0 Å². The SMILES string of the molecule is CCOCC(C)OCO. The number of ether oxygens (including phenoxy) is 2. The molecular formula is C6H14O3. The fourth-order valence-corrected chi connectivity index (χ4v) is 0.459. The van der Waals surface area contributed by atoms with Crippen molar-refractivity contribution in [3.63, 3.8) is 0 Å². The van der Waals surface area contributed by atoms with Gasteiger partial charge in [0, 0.05) is 6.61 Å². The Morgan fingerprint density at radius 2 is 2.22 bits per heavy atom. The first-order valence-corrected chi connectivity index (χ1v) is 3.11. The second-order valence-corrected chi connectivity index (χ2v) is 1.77. The van der Waals surface area contributed by atoms with Gasteiger partial charge < -0.3 is 14.6 Å². The molecule has 1 unspecified atom stereocenters. The maximum Gasteiger partial charge on any atom is 0.144 e. The number of hydrogen-bond donors (Lipinski definition) is 1. The number of aliphatic hydroxyl groups excluding tert-OH is 1. The molecular weight excluding hydrogens is 120 g/mol. The maximum absolute atomic E-state index is 8.26. The van der Waals surface area contributed by atoms with Crippen LogP contribution in [0.2, 0.25) is 0 Å². The van der Waals surface area contributed by atoms with Crippen LogP contribution in [0.25, 0.3) is 0 Å². The van der Waals surface area contributed by atoms with Gasteiger partial charge in [0.1, 0.15) is 6.79 Å². The van der Waals surface area contributed by atoms with Crippen molar-refractivity contribution in [2.75, 3.05) is 20.0 Å². The van der Waals surface area contributed by atoms with E-state index in [-0.39, 0.29) is 12.9 Å². The second-order valence-electron chi connectivity index (χ2n) is 1.77. The summed E-state index contributed by atoms with van der Waals surface area (Å²) in [5.41, 5.74) is 0. The van der Waals surface area contributed by atoms with E-state index in [1.807, 2.05) is 13.8 Å². The van der Waals surface area contributed by atoms with Crippen molar-refractivity contribution < 1.29 is 14.6 Å². The van der Waals surface area contributed by atoms with Crippen LogP contribution in [-0.2, 0) is 9.47 Å². The van der Waals surface area contributed by atoms with Crippen molar-refractivity contribution in [2.45, 2.75) is 20.0 Å². The Hall–Kier alpha value is -0.120. The lowest BCUT2D eigenvalue weighted by molar-refractivity contribution is -0.0720. The van der Waals surface area contributed by atoms with Crippen molar-refractivity contribution in [2.24, 2.45) is 0 Å². The van der Waals surface area contributed by atoms with Crippen molar-refractivity contribution in [1.29, 1.82) is 0 Å². The summed E-state index contributed by atoms with van der Waals surface area (Å²) < 4.78 is 9.79. The lowest BCUT2D eigenvalue weighted by Gasteiger charge is -2.09. The number of aliphatic hydroxyl groups is 1.